The SMILES string of the molecule is CC(C)NC(=O)CN1CCN2c3ccc([N+](=O)[O-])cc3CC(C(=O)NCc3cccc(F)c3)C2C1. The predicted molar refractivity (Wildman–Crippen MR) is 129 cm³/mol. The molecule has 2 heterocycles. The molecule has 4 rings (SSSR count). The molecule has 0 radical (unpaired) electrons. The van der Waals surface area contributed by atoms with Gasteiger partial charge in [0.05, 0.1) is 23.4 Å². The van der Waals surface area contributed by atoms with E-state index in [2.05, 4.69) is 15.5 Å². The molecular weight excluding hydrogens is 453 g/mol. The molecule has 0 saturated carbocycles. The van der Waals surface area contributed by atoms with E-state index in [1.54, 1.807) is 24.3 Å². The molecule has 0 aromatic heterocycles. The molecule has 35 heavy (non-hydrogen) atoms. The van der Waals surface area contributed by atoms with E-state index < -0.39 is 10.8 Å². The Balaban J connectivity index is 1.56. The number of halogens is 1. The zero-order valence-electron chi connectivity index (χ0n) is 19.9. The van der Waals surface area contributed by atoms with Gasteiger partial charge >= 0.3 is 0 Å². The van der Waals surface area contributed by atoms with Gasteiger partial charge in [-0.05, 0) is 49.6 Å². The maximum absolute atomic E-state index is 13.5. The number of hydrogen-bond donors (Lipinski definition) is 2. The van der Waals surface area contributed by atoms with Crippen molar-refractivity contribution in [2.24, 2.45) is 5.92 Å². The molecular formula is C25H30FN5O4. The number of non-ortho nitro benzene ring substituents is 1. The predicted octanol–water partition coefficient (Wildman–Crippen LogP) is 2.24. The lowest BCUT2D eigenvalue weighted by atomic mass is 9.83. The summed E-state index contributed by atoms with van der Waals surface area (Å²) in [5, 5.41) is 17.1. The van der Waals surface area contributed by atoms with Crippen LogP contribution < -0.4 is 15.5 Å². The Morgan fingerprint density at radius 1 is 1.20 bits per heavy atom. The number of piperazine rings is 1. The van der Waals surface area contributed by atoms with Crippen LogP contribution in [0.25, 0.3) is 0 Å². The molecule has 2 unspecified atom stereocenters. The maximum atomic E-state index is 13.5. The number of rotatable bonds is 7. The monoisotopic (exact) mass is 483 g/mol. The summed E-state index contributed by atoms with van der Waals surface area (Å²) in [6.07, 6.45) is 0.346. The first-order chi connectivity index (χ1) is 16.7. The first kappa shape index (κ1) is 24.6. The first-order valence-corrected chi connectivity index (χ1v) is 11.8. The van der Waals surface area contributed by atoms with Gasteiger partial charge in [0.15, 0.2) is 0 Å². The van der Waals surface area contributed by atoms with Crippen molar-refractivity contribution in [2.75, 3.05) is 31.1 Å². The standard InChI is InChI=1S/C25H30FN5O4/c1-16(2)28-24(32)15-29-8-9-30-22-7-6-20(31(34)35)11-18(22)12-21(23(30)14-29)25(33)27-13-17-4-3-5-19(26)10-17/h3-7,10-11,16,21,23H,8-9,12-15H2,1-2H3,(H,27,33)(H,28,32). The van der Waals surface area contributed by atoms with Crippen molar-refractivity contribution in [1.29, 1.82) is 0 Å². The minimum absolute atomic E-state index is 0.00916. The Hall–Kier alpha value is -3.53. The molecule has 1 saturated heterocycles. The highest BCUT2D eigenvalue weighted by Gasteiger charge is 2.42. The largest absolute Gasteiger partial charge is 0.365 e. The number of carbonyl (C=O) groups is 2. The summed E-state index contributed by atoms with van der Waals surface area (Å²) >= 11 is 0. The Labute approximate surface area is 203 Å². The van der Waals surface area contributed by atoms with Gasteiger partial charge in [0, 0.05) is 50.0 Å². The van der Waals surface area contributed by atoms with Gasteiger partial charge in [-0.2, -0.15) is 0 Å². The van der Waals surface area contributed by atoms with Crippen molar-refractivity contribution < 1.29 is 18.9 Å². The summed E-state index contributed by atoms with van der Waals surface area (Å²) in [5.41, 5.74) is 2.29. The lowest BCUT2D eigenvalue weighted by Gasteiger charge is -2.49. The van der Waals surface area contributed by atoms with Crippen LogP contribution in [0.1, 0.15) is 25.0 Å². The molecule has 2 aromatic rings. The van der Waals surface area contributed by atoms with E-state index in [-0.39, 0.29) is 48.5 Å². The minimum atomic E-state index is -0.478. The lowest BCUT2D eigenvalue weighted by molar-refractivity contribution is -0.384. The third-order valence-corrected chi connectivity index (χ3v) is 6.50. The van der Waals surface area contributed by atoms with Crippen LogP contribution in [-0.2, 0) is 22.6 Å². The van der Waals surface area contributed by atoms with E-state index in [9.17, 15) is 24.1 Å². The summed E-state index contributed by atoms with van der Waals surface area (Å²) in [7, 11) is 0. The Bertz CT molecular complexity index is 1120. The highest BCUT2D eigenvalue weighted by molar-refractivity contribution is 5.82. The van der Waals surface area contributed by atoms with Crippen LogP contribution in [0.2, 0.25) is 0 Å². The third-order valence-electron chi connectivity index (χ3n) is 6.50. The number of carbonyl (C=O) groups excluding carboxylic acids is 2. The van der Waals surface area contributed by atoms with Crippen molar-refractivity contribution in [3.8, 4) is 0 Å². The summed E-state index contributed by atoms with van der Waals surface area (Å²) in [5.74, 6) is -1.11. The molecule has 2 aromatic carbocycles. The number of fused-ring (bicyclic) bond motifs is 3. The van der Waals surface area contributed by atoms with Gasteiger partial charge < -0.3 is 15.5 Å². The molecule has 10 heteroatoms. The van der Waals surface area contributed by atoms with Crippen molar-refractivity contribution >= 4 is 23.2 Å². The van der Waals surface area contributed by atoms with E-state index in [4.69, 9.17) is 0 Å². The van der Waals surface area contributed by atoms with E-state index in [0.717, 1.165) is 11.3 Å². The Kier molecular flexibility index (Phi) is 7.30. The molecule has 2 aliphatic rings. The van der Waals surface area contributed by atoms with Gasteiger partial charge in [-0.3, -0.25) is 24.6 Å². The number of nitro groups is 1. The molecule has 0 spiro atoms. The van der Waals surface area contributed by atoms with Gasteiger partial charge in [0.25, 0.3) is 5.69 Å². The normalized spacial score (nSPS) is 19.6. The second-order valence-corrected chi connectivity index (χ2v) is 9.45. The summed E-state index contributed by atoms with van der Waals surface area (Å²) in [6.45, 7) is 5.99. The highest BCUT2D eigenvalue weighted by Crippen LogP contribution is 2.38. The highest BCUT2D eigenvalue weighted by atomic mass is 19.1. The fourth-order valence-corrected chi connectivity index (χ4v) is 4.96. The molecule has 0 bridgehead atoms. The summed E-state index contributed by atoms with van der Waals surface area (Å²) in [6, 6.07) is 10.7. The Morgan fingerprint density at radius 3 is 2.71 bits per heavy atom. The van der Waals surface area contributed by atoms with Crippen LogP contribution in [-0.4, -0.2) is 59.9 Å². The average molecular weight is 484 g/mol. The van der Waals surface area contributed by atoms with E-state index >= 15 is 0 Å². The van der Waals surface area contributed by atoms with Gasteiger partial charge in [-0.1, -0.05) is 12.1 Å². The molecule has 2 atom stereocenters. The summed E-state index contributed by atoms with van der Waals surface area (Å²) in [4.78, 5) is 40.8. The molecule has 2 amide bonds. The summed E-state index contributed by atoms with van der Waals surface area (Å²) < 4.78 is 13.5. The van der Waals surface area contributed by atoms with Crippen LogP contribution in [0, 0.1) is 21.8 Å². The van der Waals surface area contributed by atoms with E-state index in [1.165, 1.54) is 18.2 Å². The number of amides is 2. The van der Waals surface area contributed by atoms with Crippen molar-refractivity contribution in [2.45, 2.75) is 38.9 Å². The number of hydrogen-bond acceptors (Lipinski definition) is 6. The Morgan fingerprint density at radius 2 is 2.00 bits per heavy atom. The smallest absolute Gasteiger partial charge is 0.269 e. The van der Waals surface area contributed by atoms with Crippen LogP contribution in [0.4, 0.5) is 15.8 Å². The fourth-order valence-electron chi connectivity index (χ4n) is 4.96. The fraction of sp³-hybridized carbons (Fsp3) is 0.440. The maximum Gasteiger partial charge on any atom is 0.269 e. The minimum Gasteiger partial charge on any atom is -0.365 e. The zero-order chi connectivity index (χ0) is 25.1. The number of benzene rings is 2. The lowest BCUT2D eigenvalue weighted by Crippen LogP contribution is -2.62. The molecule has 1 fully saturated rings. The second-order valence-electron chi connectivity index (χ2n) is 9.45. The van der Waals surface area contributed by atoms with Gasteiger partial charge in [0.2, 0.25) is 11.8 Å². The molecule has 2 aliphatic heterocycles. The van der Waals surface area contributed by atoms with Gasteiger partial charge in [-0.15, -0.1) is 0 Å². The number of nitrogens with one attached hydrogen (secondary N) is 2. The average Bonchev–Trinajstić information content (AvgIpc) is 2.81. The van der Waals surface area contributed by atoms with E-state index in [0.29, 0.717) is 31.6 Å². The number of nitrogens with zero attached hydrogens (tertiary/aromatic N) is 3. The van der Waals surface area contributed by atoms with Crippen molar-refractivity contribution in [3.05, 3.63) is 69.5 Å². The van der Waals surface area contributed by atoms with E-state index in [1.807, 2.05) is 18.7 Å². The zero-order valence-corrected chi connectivity index (χ0v) is 19.9. The topological polar surface area (TPSA) is 108 Å². The molecule has 2 N–H and O–H groups in total. The molecule has 186 valence electrons. The van der Waals surface area contributed by atoms with Crippen LogP contribution >= 0.6 is 0 Å². The number of nitro benzene ring substituents is 1. The van der Waals surface area contributed by atoms with Crippen LogP contribution in [0.3, 0.4) is 0 Å². The third kappa shape index (κ3) is 5.76. The molecule has 9 nitrogen and oxygen atoms in total. The van der Waals surface area contributed by atoms with Crippen molar-refractivity contribution in [3.63, 3.8) is 0 Å². The number of anilines is 1. The van der Waals surface area contributed by atoms with Crippen LogP contribution in [0.5, 0.6) is 0 Å². The van der Waals surface area contributed by atoms with Crippen molar-refractivity contribution in [1.82, 2.24) is 15.5 Å². The second kappa shape index (κ2) is 10.4. The first-order valence-electron chi connectivity index (χ1n) is 11.8. The van der Waals surface area contributed by atoms with Gasteiger partial charge in [0.1, 0.15) is 5.82 Å². The quantitative estimate of drug-likeness (QED) is 0.462. The van der Waals surface area contributed by atoms with Crippen LogP contribution in [0.15, 0.2) is 42.5 Å². The molecule has 0 aliphatic carbocycles. The van der Waals surface area contributed by atoms with Gasteiger partial charge in [-0.25, -0.2) is 4.39 Å².